The van der Waals surface area contributed by atoms with Gasteiger partial charge in [0, 0.05) is 27.7 Å². The Morgan fingerprint density at radius 2 is 1.56 bits per heavy atom. The van der Waals surface area contributed by atoms with E-state index in [1.807, 2.05) is 36.4 Å². The molecule has 2 aromatic rings. The molecule has 0 aliphatic carbocycles. The Balaban J connectivity index is 2.14. The molecule has 3 nitrogen and oxygen atoms in total. The fourth-order valence-electron chi connectivity index (χ4n) is 1.24. The summed E-state index contributed by atoms with van der Waals surface area (Å²) < 4.78 is 0. The number of hydrogen-bond acceptors (Lipinski definition) is 3. The van der Waals surface area contributed by atoms with Gasteiger partial charge in [-0.05, 0) is 24.3 Å². The summed E-state index contributed by atoms with van der Waals surface area (Å²) >= 11 is 1.66. The number of pyridine rings is 1. The Kier molecular flexibility index (Phi) is 3.22. The molecule has 80 valence electrons. The number of nitrogens with one attached hydrogen (secondary N) is 1. The molecule has 16 heavy (non-hydrogen) atoms. The number of nitrogen functional groups attached to an aromatic ring is 1. The van der Waals surface area contributed by atoms with E-state index in [0.717, 1.165) is 15.4 Å². The van der Waals surface area contributed by atoms with Crippen LogP contribution in [0.1, 0.15) is 5.56 Å². The highest BCUT2D eigenvalue weighted by Crippen LogP contribution is 2.26. The van der Waals surface area contributed by atoms with E-state index in [4.69, 9.17) is 11.1 Å². The van der Waals surface area contributed by atoms with Crippen LogP contribution in [-0.4, -0.2) is 10.8 Å². The molecule has 0 radical (unpaired) electrons. The van der Waals surface area contributed by atoms with E-state index < -0.39 is 0 Å². The second kappa shape index (κ2) is 4.81. The van der Waals surface area contributed by atoms with Crippen LogP contribution in [0.2, 0.25) is 0 Å². The predicted molar refractivity (Wildman–Crippen MR) is 65.8 cm³/mol. The first kappa shape index (κ1) is 10.7. The fraction of sp³-hybridized carbons (Fsp3) is 0. The topological polar surface area (TPSA) is 62.8 Å². The van der Waals surface area contributed by atoms with Crippen molar-refractivity contribution in [1.29, 1.82) is 5.41 Å². The molecule has 0 bridgehead atoms. The van der Waals surface area contributed by atoms with Crippen molar-refractivity contribution in [2.24, 2.45) is 5.73 Å². The van der Waals surface area contributed by atoms with E-state index in [0.29, 0.717) is 0 Å². The minimum absolute atomic E-state index is 0.0976. The quantitative estimate of drug-likeness (QED) is 0.628. The highest BCUT2D eigenvalue weighted by atomic mass is 32.2. The zero-order chi connectivity index (χ0) is 11.4. The maximum atomic E-state index is 7.29. The van der Waals surface area contributed by atoms with Crippen LogP contribution in [0.15, 0.2) is 58.6 Å². The predicted octanol–water partition coefficient (Wildman–Crippen LogP) is 2.52. The molecule has 0 aliphatic heterocycles. The number of benzene rings is 1. The number of nitrogens with zero attached hydrogens (tertiary/aromatic N) is 1. The Labute approximate surface area is 98.2 Å². The summed E-state index contributed by atoms with van der Waals surface area (Å²) in [6, 6.07) is 11.6. The summed E-state index contributed by atoms with van der Waals surface area (Å²) in [4.78, 5) is 6.23. The molecule has 0 unspecified atom stereocenters. The average molecular weight is 229 g/mol. The van der Waals surface area contributed by atoms with Crippen molar-refractivity contribution in [2.45, 2.75) is 9.79 Å². The van der Waals surface area contributed by atoms with Crippen LogP contribution in [0.4, 0.5) is 0 Å². The SMILES string of the molecule is N=C(N)c1ccc(Sc2ccncc2)cc1. The van der Waals surface area contributed by atoms with Crippen LogP contribution < -0.4 is 5.73 Å². The molecule has 2 rings (SSSR count). The molecule has 1 aromatic carbocycles. The Morgan fingerprint density at radius 3 is 2.12 bits per heavy atom. The van der Waals surface area contributed by atoms with E-state index in [2.05, 4.69) is 4.98 Å². The van der Waals surface area contributed by atoms with Gasteiger partial charge in [-0.15, -0.1) is 0 Å². The second-order valence-corrected chi connectivity index (χ2v) is 4.37. The molecule has 1 aromatic heterocycles. The van der Waals surface area contributed by atoms with Gasteiger partial charge in [0.25, 0.3) is 0 Å². The number of rotatable bonds is 3. The summed E-state index contributed by atoms with van der Waals surface area (Å²) in [5, 5.41) is 7.29. The molecule has 4 heteroatoms. The van der Waals surface area contributed by atoms with Gasteiger partial charge in [0.15, 0.2) is 0 Å². The molecule has 0 atom stereocenters. The summed E-state index contributed by atoms with van der Waals surface area (Å²) in [5.41, 5.74) is 6.13. The van der Waals surface area contributed by atoms with Gasteiger partial charge in [0.2, 0.25) is 0 Å². The van der Waals surface area contributed by atoms with Gasteiger partial charge < -0.3 is 5.73 Å². The molecular weight excluding hydrogens is 218 g/mol. The normalized spacial score (nSPS) is 10.0. The number of aromatic nitrogens is 1. The third-order valence-corrected chi connectivity index (χ3v) is 3.07. The summed E-state index contributed by atoms with van der Waals surface area (Å²) in [5.74, 6) is 0.0976. The summed E-state index contributed by atoms with van der Waals surface area (Å²) in [7, 11) is 0. The maximum absolute atomic E-state index is 7.29. The maximum Gasteiger partial charge on any atom is 0.122 e. The van der Waals surface area contributed by atoms with Crippen LogP contribution in [0, 0.1) is 5.41 Å². The first-order valence-corrected chi connectivity index (χ1v) is 5.60. The molecule has 0 fully saturated rings. The van der Waals surface area contributed by atoms with Crippen molar-refractivity contribution < 1.29 is 0 Å². The average Bonchev–Trinajstić information content (AvgIpc) is 2.31. The van der Waals surface area contributed by atoms with Gasteiger partial charge in [-0.1, -0.05) is 23.9 Å². The van der Waals surface area contributed by atoms with Gasteiger partial charge in [-0.2, -0.15) is 0 Å². The second-order valence-electron chi connectivity index (χ2n) is 3.22. The van der Waals surface area contributed by atoms with Gasteiger partial charge >= 0.3 is 0 Å². The molecule has 0 saturated carbocycles. The lowest BCUT2D eigenvalue weighted by Crippen LogP contribution is -2.10. The van der Waals surface area contributed by atoms with Crippen molar-refractivity contribution in [1.82, 2.24) is 4.98 Å². The Morgan fingerprint density at radius 1 is 1.00 bits per heavy atom. The van der Waals surface area contributed by atoms with Gasteiger partial charge in [-0.25, -0.2) is 0 Å². The monoisotopic (exact) mass is 229 g/mol. The van der Waals surface area contributed by atoms with E-state index in [9.17, 15) is 0 Å². The van der Waals surface area contributed by atoms with Crippen molar-refractivity contribution >= 4 is 17.6 Å². The van der Waals surface area contributed by atoms with Crippen molar-refractivity contribution in [3.05, 3.63) is 54.4 Å². The molecular formula is C12H11N3S. The fourth-order valence-corrected chi connectivity index (χ4v) is 2.05. The first-order chi connectivity index (χ1) is 7.75. The van der Waals surface area contributed by atoms with Gasteiger partial charge in [0.1, 0.15) is 5.84 Å². The Hall–Kier alpha value is -1.81. The van der Waals surface area contributed by atoms with E-state index in [1.165, 1.54) is 0 Å². The lowest BCUT2D eigenvalue weighted by atomic mass is 10.2. The summed E-state index contributed by atoms with van der Waals surface area (Å²) in [6.07, 6.45) is 3.54. The van der Waals surface area contributed by atoms with Crippen LogP contribution in [0.25, 0.3) is 0 Å². The van der Waals surface area contributed by atoms with Crippen molar-refractivity contribution in [3.8, 4) is 0 Å². The van der Waals surface area contributed by atoms with Crippen LogP contribution in [0.3, 0.4) is 0 Å². The molecule has 0 saturated heterocycles. The molecule has 1 heterocycles. The van der Waals surface area contributed by atoms with Gasteiger partial charge in [0.05, 0.1) is 0 Å². The zero-order valence-electron chi connectivity index (χ0n) is 8.55. The van der Waals surface area contributed by atoms with E-state index in [1.54, 1.807) is 24.2 Å². The van der Waals surface area contributed by atoms with Crippen LogP contribution >= 0.6 is 11.8 Å². The largest absolute Gasteiger partial charge is 0.384 e. The highest BCUT2D eigenvalue weighted by molar-refractivity contribution is 7.99. The minimum Gasteiger partial charge on any atom is -0.384 e. The van der Waals surface area contributed by atoms with Crippen LogP contribution in [0.5, 0.6) is 0 Å². The number of amidine groups is 1. The third-order valence-electron chi connectivity index (χ3n) is 2.05. The molecule has 0 amide bonds. The van der Waals surface area contributed by atoms with E-state index >= 15 is 0 Å². The zero-order valence-corrected chi connectivity index (χ0v) is 9.37. The molecule has 0 aliphatic rings. The van der Waals surface area contributed by atoms with Crippen molar-refractivity contribution in [2.75, 3.05) is 0 Å². The molecule has 3 N–H and O–H groups in total. The Bertz CT molecular complexity index is 479. The van der Waals surface area contributed by atoms with Gasteiger partial charge in [-0.3, -0.25) is 10.4 Å². The summed E-state index contributed by atoms with van der Waals surface area (Å²) in [6.45, 7) is 0. The van der Waals surface area contributed by atoms with Crippen molar-refractivity contribution in [3.63, 3.8) is 0 Å². The van der Waals surface area contributed by atoms with E-state index in [-0.39, 0.29) is 5.84 Å². The van der Waals surface area contributed by atoms with Crippen LogP contribution in [-0.2, 0) is 0 Å². The minimum atomic E-state index is 0.0976. The lowest BCUT2D eigenvalue weighted by molar-refractivity contribution is 1.26. The third kappa shape index (κ3) is 2.61. The lowest BCUT2D eigenvalue weighted by Gasteiger charge is -2.02. The molecule has 0 spiro atoms. The highest BCUT2D eigenvalue weighted by Gasteiger charge is 1.98. The smallest absolute Gasteiger partial charge is 0.122 e. The standard InChI is InChI=1S/C12H11N3S/c13-12(14)9-1-3-10(4-2-9)16-11-5-7-15-8-6-11/h1-8H,(H3,13,14). The number of hydrogen-bond donors (Lipinski definition) is 2. The number of nitrogens with two attached hydrogens (primary N) is 1. The first-order valence-electron chi connectivity index (χ1n) is 4.78.